The summed E-state index contributed by atoms with van der Waals surface area (Å²) >= 11 is 1.26. The molecule has 0 saturated carbocycles. The van der Waals surface area contributed by atoms with E-state index in [-0.39, 0.29) is 17.0 Å². The van der Waals surface area contributed by atoms with E-state index >= 15 is 0 Å². The molecule has 4 N–H and O–H groups in total. The smallest absolute Gasteiger partial charge is 0.260 e. The average molecular weight is 443 g/mol. The summed E-state index contributed by atoms with van der Waals surface area (Å²) in [7, 11) is -3.48. The van der Waals surface area contributed by atoms with Crippen LogP contribution in [0.4, 0.5) is 5.13 Å². The highest BCUT2D eigenvalue weighted by Gasteiger charge is 2.16. The Hall–Kier alpha value is -3.26. The van der Waals surface area contributed by atoms with Crippen LogP contribution in [0.1, 0.15) is 5.56 Å². The van der Waals surface area contributed by atoms with Crippen LogP contribution >= 0.6 is 11.3 Å². The maximum absolute atomic E-state index is 12.2. The highest BCUT2D eigenvalue weighted by atomic mass is 32.2. The highest BCUT2D eigenvalue weighted by molar-refractivity contribution is 7.94. The van der Waals surface area contributed by atoms with Gasteiger partial charge in [-0.25, -0.2) is 13.4 Å². The van der Waals surface area contributed by atoms with E-state index in [1.165, 1.54) is 23.5 Å². The van der Waals surface area contributed by atoms with Gasteiger partial charge in [0.25, 0.3) is 5.91 Å². The van der Waals surface area contributed by atoms with Gasteiger partial charge in [-0.1, -0.05) is 29.7 Å². The van der Waals surface area contributed by atoms with Crippen LogP contribution in [0.25, 0.3) is 11.3 Å². The van der Waals surface area contributed by atoms with Gasteiger partial charge in [-0.3, -0.25) is 9.59 Å². The SMILES string of the molecule is CS(=O)(=O)C1=CC(C(=O)NCC(=O)Nc2nc(-c3cccc(CN)c3)cs2)=C=C=C1. The van der Waals surface area contributed by atoms with Gasteiger partial charge < -0.3 is 16.4 Å². The Morgan fingerprint density at radius 2 is 2.10 bits per heavy atom. The number of nitrogens with two attached hydrogens (primary N) is 1. The molecule has 1 aliphatic carbocycles. The minimum absolute atomic E-state index is 0.0259. The third kappa shape index (κ3) is 5.42. The van der Waals surface area contributed by atoms with Crippen LogP contribution in [0.3, 0.4) is 0 Å². The lowest BCUT2D eigenvalue weighted by atomic mass is 10.1. The van der Waals surface area contributed by atoms with Gasteiger partial charge in [0.2, 0.25) is 5.91 Å². The lowest BCUT2D eigenvalue weighted by Crippen LogP contribution is -2.33. The molecule has 154 valence electrons. The van der Waals surface area contributed by atoms with Gasteiger partial charge in [0, 0.05) is 29.8 Å². The van der Waals surface area contributed by atoms with Crippen LogP contribution in [0.15, 0.2) is 63.7 Å². The van der Waals surface area contributed by atoms with Crippen molar-refractivity contribution in [3.63, 3.8) is 0 Å². The van der Waals surface area contributed by atoms with Crippen LogP contribution in [0.5, 0.6) is 0 Å². The summed E-state index contributed by atoms with van der Waals surface area (Å²) in [4.78, 5) is 28.6. The number of benzene rings is 1. The first-order chi connectivity index (χ1) is 14.3. The quantitative estimate of drug-likeness (QED) is 0.557. The number of hydrogen-bond donors (Lipinski definition) is 3. The molecule has 2 amide bonds. The Morgan fingerprint density at radius 3 is 2.83 bits per heavy atom. The van der Waals surface area contributed by atoms with Gasteiger partial charge in [0.05, 0.1) is 22.7 Å². The Balaban J connectivity index is 1.59. The van der Waals surface area contributed by atoms with Crippen molar-refractivity contribution in [2.45, 2.75) is 6.54 Å². The summed E-state index contributed by atoms with van der Waals surface area (Å²) in [6.45, 7) is 0.108. The van der Waals surface area contributed by atoms with E-state index in [0.717, 1.165) is 17.4 Å². The number of rotatable bonds is 7. The summed E-state index contributed by atoms with van der Waals surface area (Å²) in [6, 6.07) is 7.64. The van der Waals surface area contributed by atoms with E-state index in [0.29, 0.717) is 17.4 Å². The van der Waals surface area contributed by atoms with E-state index < -0.39 is 21.7 Å². The number of allylic oxidation sites excluding steroid dienone is 1. The molecule has 0 bridgehead atoms. The number of carbonyl (C=O) groups excluding carboxylic acids is 2. The van der Waals surface area contributed by atoms with Crippen LogP contribution in [-0.4, -0.2) is 38.0 Å². The lowest BCUT2D eigenvalue weighted by Gasteiger charge is -2.06. The summed E-state index contributed by atoms with van der Waals surface area (Å²) in [5.74, 6) is -1.10. The Labute approximate surface area is 177 Å². The van der Waals surface area contributed by atoms with Gasteiger partial charge >= 0.3 is 0 Å². The molecule has 0 radical (unpaired) electrons. The van der Waals surface area contributed by atoms with E-state index in [1.807, 2.05) is 29.6 Å². The number of nitrogens with zero attached hydrogens (tertiary/aromatic N) is 1. The molecule has 0 aliphatic heterocycles. The first-order valence-electron chi connectivity index (χ1n) is 8.72. The zero-order valence-corrected chi connectivity index (χ0v) is 17.6. The van der Waals surface area contributed by atoms with Gasteiger partial charge in [-0.05, 0) is 17.7 Å². The van der Waals surface area contributed by atoms with Gasteiger partial charge in [0.15, 0.2) is 15.0 Å². The largest absolute Gasteiger partial charge is 0.342 e. The summed E-state index contributed by atoms with van der Waals surface area (Å²) < 4.78 is 23.2. The summed E-state index contributed by atoms with van der Waals surface area (Å²) in [5.41, 5.74) is 13.2. The van der Waals surface area contributed by atoms with Crippen molar-refractivity contribution in [1.82, 2.24) is 10.3 Å². The number of amides is 2. The van der Waals surface area contributed by atoms with Crippen LogP contribution in [-0.2, 0) is 26.0 Å². The van der Waals surface area contributed by atoms with Gasteiger partial charge in [-0.2, -0.15) is 0 Å². The molecule has 30 heavy (non-hydrogen) atoms. The number of hydrogen-bond acceptors (Lipinski definition) is 7. The molecule has 10 heteroatoms. The number of aromatic nitrogens is 1. The Bertz CT molecular complexity index is 1250. The highest BCUT2D eigenvalue weighted by Crippen LogP contribution is 2.25. The zero-order chi connectivity index (χ0) is 21.7. The fraction of sp³-hybridized carbons (Fsp3) is 0.150. The average Bonchev–Trinajstić information content (AvgIpc) is 3.20. The second kappa shape index (κ2) is 9.04. The molecule has 0 fully saturated rings. The fourth-order valence-electron chi connectivity index (χ4n) is 2.48. The molecule has 0 saturated heterocycles. The van der Waals surface area contributed by atoms with Crippen molar-refractivity contribution in [2.24, 2.45) is 5.73 Å². The fourth-order valence-corrected chi connectivity index (χ4v) is 3.82. The van der Waals surface area contributed by atoms with E-state index in [9.17, 15) is 18.0 Å². The van der Waals surface area contributed by atoms with Crippen molar-refractivity contribution in [3.8, 4) is 11.3 Å². The zero-order valence-electron chi connectivity index (χ0n) is 15.9. The van der Waals surface area contributed by atoms with E-state index in [4.69, 9.17) is 5.73 Å². The minimum Gasteiger partial charge on any atom is -0.342 e. The second-order valence-electron chi connectivity index (χ2n) is 6.32. The number of nitrogens with one attached hydrogen (secondary N) is 2. The third-order valence-corrected chi connectivity index (χ3v) is 5.85. The normalized spacial score (nSPS) is 12.9. The molecule has 1 aromatic carbocycles. The van der Waals surface area contributed by atoms with E-state index in [2.05, 4.69) is 27.1 Å². The maximum Gasteiger partial charge on any atom is 0.260 e. The molecular weight excluding hydrogens is 424 g/mol. The number of thiazole rings is 1. The van der Waals surface area contributed by atoms with Crippen LogP contribution in [0, 0.1) is 0 Å². The molecule has 0 atom stereocenters. The van der Waals surface area contributed by atoms with Crippen molar-refractivity contribution >= 4 is 38.1 Å². The molecular formula is C20H18N4O4S2. The third-order valence-electron chi connectivity index (χ3n) is 4.00. The Kier molecular flexibility index (Phi) is 6.47. The molecule has 1 aromatic heterocycles. The molecule has 1 heterocycles. The molecule has 3 rings (SSSR count). The van der Waals surface area contributed by atoms with Crippen LogP contribution in [0.2, 0.25) is 0 Å². The van der Waals surface area contributed by atoms with Crippen molar-refractivity contribution in [3.05, 3.63) is 69.3 Å². The molecule has 1 aliphatic rings. The first kappa shape index (κ1) is 21.4. The van der Waals surface area contributed by atoms with Crippen LogP contribution < -0.4 is 16.4 Å². The maximum atomic E-state index is 12.2. The topological polar surface area (TPSA) is 131 Å². The molecule has 8 nitrogen and oxygen atoms in total. The van der Waals surface area contributed by atoms with Crippen molar-refractivity contribution in [1.29, 1.82) is 0 Å². The Morgan fingerprint density at radius 1 is 1.30 bits per heavy atom. The summed E-state index contributed by atoms with van der Waals surface area (Å²) in [5, 5.41) is 7.24. The molecule has 2 aromatic rings. The second-order valence-corrected chi connectivity index (χ2v) is 9.19. The molecule has 0 unspecified atom stereocenters. The predicted octanol–water partition coefficient (Wildman–Crippen LogP) is 1.50. The number of sulfone groups is 1. The lowest BCUT2D eigenvalue weighted by molar-refractivity contribution is -0.121. The van der Waals surface area contributed by atoms with Crippen molar-refractivity contribution < 1.29 is 18.0 Å². The standard InChI is InChI=1S/C20H18N4O4S2/c1-30(27,28)16-7-3-6-15(9-16)19(26)22-11-18(25)24-20-23-17(12-29-20)14-5-2-4-13(8-14)10-21/h2,4-5,7-9,12H,10-11,21H2,1H3,(H,22,26)(H,23,24,25). The summed E-state index contributed by atoms with van der Waals surface area (Å²) in [6.07, 6.45) is 3.43. The van der Waals surface area contributed by atoms with E-state index in [1.54, 1.807) is 0 Å². The predicted molar refractivity (Wildman–Crippen MR) is 115 cm³/mol. The minimum atomic E-state index is -3.48. The number of anilines is 1. The monoisotopic (exact) mass is 442 g/mol. The van der Waals surface area contributed by atoms with Crippen molar-refractivity contribution in [2.75, 3.05) is 18.1 Å². The molecule has 0 spiro atoms. The number of carbonyl (C=O) groups is 2. The first-order valence-corrected chi connectivity index (χ1v) is 11.5. The van der Waals surface area contributed by atoms with Gasteiger partial charge in [0.1, 0.15) is 0 Å². The van der Waals surface area contributed by atoms with Gasteiger partial charge in [-0.15, -0.1) is 11.3 Å².